The largest absolute Gasteiger partial charge is 0.396 e. The summed E-state index contributed by atoms with van der Waals surface area (Å²) < 4.78 is 13.2. The third kappa shape index (κ3) is 4.93. The number of allylic oxidation sites excluding steroid dienone is 3. The minimum absolute atomic E-state index is 0.152. The minimum Gasteiger partial charge on any atom is -0.396 e. The van der Waals surface area contributed by atoms with E-state index in [1.807, 2.05) is 13.8 Å². The van der Waals surface area contributed by atoms with Crippen molar-refractivity contribution < 1.29 is 26.5 Å². The van der Waals surface area contributed by atoms with Gasteiger partial charge in [-0.25, -0.2) is 0 Å². The molecule has 35 heavy (non-hydrogen) atoms. The van der Waals surface area contributed by atoms with Crippen molar-refractivity contribution >= 4 is 0 Å². The summed E-state index contributed by atoms with van der Waals surface area (Å²) in [6.07, 6.45) is 10.5. The van der Waals surface area contributed by atoms with E-state index in [2.05, 4.69) is 32.9 Å². The number of rotatable bonds is 9. The van der Waals surface area contributed by atoms with Crippen molar-refractivity contribution in [3.05, 3.63) is 23.3 Å². The normalized spacial score (nSPS) is 43.3. The summed E-state index contributed by atoms with van der Waals surface area (Å²) in [5, 5.41) is 41.8. The van der Waals surface area contributed by atoms with E-state index in [-0.39, 0.29) is 24.4 Å². The van der Waals surface area contributed by atoms with Crippen LogP contribution in [0.2, 0.25) is 0 Å². The molecule has 5 nitrogen and oxygen atoms in total. The van der Waals surface area contributed by atoms with Crippen LogP contribution in [-0.4, -0.2) is 57.5 Å². The Morgan fingerprint density at radius 2 is 1.89 bits per heavy atom. The summed E-state index contributed by atoms with van der Waals surface area (Å²) >= 11 is 0. The molecule has 0 aromatic carbocycles. The third-order valence-corrected chi connectivity index (χ3v) is 10.5. The molecule has 4 aliphatic rings. The molecule has 0 aliphatic heterocycles. The fourth-order valence-corrected chi connectivity index (χ4v) is 8.54. The molecule has 0 aromatic rings. The van der Waals surface area contributed by atoms with E-state index >= 15 is 0 Å². The van der Waals surface area contributed by atoms with Crippen LogP contribution in [-0.2, 0) is 4.74 Å². The van der Waals surface area contributed by atoms with Gasteiger partial charge in [-0.05, 0) is 87.9 Å². The first-order chi connectivity index (χ1) is 16.8. The van der Waals surface area contributed by atoms with Crippen molar-refractivity contribution in [2.75, 3.05) is 13.2 Å². The van der Waals surface area contributed by atoms with Crippen molar-refractivity contribution in [1.29, 1.82) is 0 Å². The quantitative estimate of drug-likeness (QED) is 0.372. The Hall–Kier alpha value is -0.720. The zero-order valence-corrected chi connectivity index (χ0v) is 22.5. The fourth-order valence-electron chi connectivity index (χ4n) is 8.54. The van der Waals surface area contributed by atoms with Crippen LogP contribution in [0.25, 0.3) is 0 Å². The second-order valence-corrected chi connectivity index (χ2v) is 13.2. The molecule has 4 rings (SSSR count). The molecule has 5 heteroatoms. The lowest BCUT2D eigenvalue weighted by Crippen LogP contribution is -2.59. The SMILES string of the molecule is [3H]C(O)CCO[C@@H]1[C@H](O)CC2=CC=C3[C@@H]4CC[C@H]([C@H](C)CCCC(C)(C)O)[C@@]4(C)CC[C@@H]3[C@@]2(C)[C@H]1O. The van der Waals surface area contributed by atoms with Crippen LogP contribution in [0.4, 0.5) is 0 Å². The molecule has 200 valence electrons. The molecule has 4 N–H and O–H groups in total. The molecule has 3 fully saturated rings. The molecule has 0 amide bonds. The minimum atomic E-state index is -1.21. The van der Waals surface area contributed by atoms with E-state index in [0.29, 0.717) is 24.2 Å². The van der Waals surface area contributed by atoms with Crippen LogP contribution in [0.5, 0.6) is 0 Å². The van der Waals surface area contributed by atoms with Gasteiger partial charge in [-0.3, -0.25) is 0 Å². The Morgan fingerprint density at radius 1 is 1.14 bits per heavy atom. The number of aliphatic hydroxyl groups is 4. The van der Waals surface area contributed by atoms with Crippen LogP contribution in [0, 0.1) is 34.5 Å². The highest BCUT2D eigenvalue weighted by Crippen LogP contribution is 2.66. The third-order valence-electron chi connectivity index (χ3n) is 10.5. The number of aliphatic hydroxyl groups excluding tert-OH is 3. The topological polar surface area (TPSA) is 90.2 Å². The van der Waals surface area contributed by atoms with E-state index in [4.69, 9.17) is 6.11 Å². The van der Waals surface area contributed by atoms with Gasteiger partial charge in [-0.15, -0.1) is 0 Å². The van der Waals surface area contributed by atoms with Crippen molar-refractivity contribution in [3.8, 4) is 0 Å². The van der Waals surface area contributed by atoms with E-state index in [9.17, 15) is 20.4 Å². The number of hydrogen-bond acceptors (Lipinski definition) is 5. The summed E-state index contributed by atoms with van der Waals surface area (Å²) in [7, 11) is 0. The lowest BCUT2D eigenvalue weighted by molar-refractivity contribution is -0.162. The lowest BCUT2D eigenvalue weighted by atomic mass is 9.49. The van der Waals surface area contributed by atoms with Crippen LogP contribution < -0.4 is 0 Å². The molecular weight excluding hydrogens is 440 g/mol. The molecule has 0 spiro atoms. The van der Waals surface area contributed by atoms with E-state index in [0.717, 1.165) is 37.7 Å². The maximum atomic E-state index is 11.6. The summed E-state index contributed by atoms with van der Waals surface area (Å²) in [6, 6.07) is 0. The highest BCUT2D eigenvalue weighted by Gasteiger charge is 2.60. The fraction of sp³-hybridized carbons (Fsp3) is 0.867. The summed E-state index contributed by atoms with van der Waals surface area (Å²) in [4.78, 5) is 0. The van der Waals surface area contributed by atoms with Gasteiger partial charge < -0.3 is 25.2 Å². The van der Waals surface area contributed by atoms with Crippen LogP contribution in [0.1, 0.15) is 93.8 Å². The zero-order chi connectivity index (χ0) is 26.5. The molecule has 3 saturated carbocycles. The van der Waals surface area contributed by atoms with Gasteiger partial charge in [0.1, 0.15) is 6.10 Å². The first-order valence-electron chi connectivity index (χ1n) is 14.6. The van der Waals surface area contributed by atoms with Crippen molar-refractivity contribution in [2.45, 2.75) is 116 Å². The van der Waals surface area contributed by atoms with Crippen LogP contribution in [0.3, 0.4) is 0 Å². The Bertz CT molecular complexity index is 847. The first-order valence-corrected chi connectivity index (χ1v) is 14.0. The Kier molecular flexibility index (Phi) is 7.56. The van der Waals surface area contributed by atoms with Crippen molar-refractivity contribution in [3.63, 3.8) is 0 Å². The number of hydrogen-bond donors (Lipinski definition) is 4. The molecule has 10 atom stereocenters. The monoisotopic (exact) mass is 492 g/mol. The Balaban J connectivity index is 1.51. The van der Waals surface area contributed by atoms with Crippen molar-refractivity contribution in [2.24, 2.45) is 34.5 Å². The zero-order valence-electron chi connectivity index (χ0n) is 23.5. The average molecular weight is 493 g/mol. The van der Waals surface area contributed by atoms with Crippen LogP contribution >= 0.6 is 0 Å². The van der Waals surface area contributed by atoms with Gasteiger partial charge in [0, 0.05) is 18.6 Å². The highest BCUT2D eigenvalue weighted by atomic mass is 16.5. The van der Waals surface area contributed by atoms with Gasteiger partial charge in [-0.1, -0.05) is 56.9 Å². The Labute approximate surface area is 214 Å². The van der Waals surface area contributed by atoms with Crippen molar-refractivity contribution in [1.82, 2.24) is 0 Å². The summed E-state index contributed by atoms with van der Waals surface area (Å²) in [5.41, 5.74) is 1.80. The second kappa shape index (κ2) is 10.2. The van der Waals surface area contributed by atoms with Gasteiger partial charge in [0.2, 0.25) is 0 Å². The standard InChI is InChI=1S/C30H50O5/c1-19(8-6-14-28(2,3)34)22-11-12-23-21-10-9-20-18-25(32)26(35-17-7-16-31)27(33)30(20,5)24(21)13-15-29(22,23)4/h9-10,19,22-27,31-34H,6-8,11-18H2,1-5H3/t19-,22-,23+,24+,25-,26-,27+,29-,30+/m1/s1/i16T/t16?,19-,22-,23+,24+,25-,26-,27+,29-,30+. The van der Waals surface area contributed by atoms with Gasteiger partial charge in [0.15, 0.2) is 0 Å². The van der Waals surface area contributed by atoms with E-state index in [1.54, 1.807) is 0 Å². The van der Waals surface area contributed by atoms with Gasteiger partial charge in [0.25, 0.3) is 0 Å². The highest BCUT2D eigenvalue weighted by molar-refractivity contribution is 5.40. The molecule has 1 unspecified atom stereocenters. The lowest BCUT2D eigenvalue weighted by Gasteiger charge is -2.57. The van der Waals surface area contributed by atoms with Gasteiger partial charge in [-0.2, -0.15) is 0 Å². The van der Waals surface area contributed by atoms with Crippen LogP contribution in [0.15, 0.2) is 23.3 Å². The predicted octanol–water partition coefficient (Wildman–Crippen LogP) is 4.77. The smallest absolute Gasteiger partial charge is 0.110 e. The summed E-state index contributed by atoms with van der Waals surface area (Å²) in [6.45, 7) is 9.82. The van der Waals surface area contributed by atoms with E-state index in [1.165, 1.54) is 18.4 Å². The molecule has 4 aliphatic carbocycles. The molecule has 0 saturated heterocycles. The molecule has 0 heterocycles. The van der Waals surface area contributed by atoms with Gasteiger partial charge in [0.05, 0.1) is 19.2 Å². The molecular formula is C30H50O5. The summed E-state index contributed by atoms with van der Waals surface area (Å²) in [5.74, 6) is 2.07. The maximum Gasteiger partial charge on any atom is 0.110 e. The number of fused-ring (bicyclic) bond motifs is 5. The first kappa shape index (κ1) is 25.9. The molecule has 0 aromatic heterocycles. The number of ether oxygens (including phenoxy) is 1. The Morgan fingerprint density at radius 3 is 2.57 bits per heavy atom. The van der Waals surface area contributed by atoms with E-state index < -0.39 is 35.9 Å². The maximum absolute atomic E-state index is 11.6. The average Bonchev–Trinajstić information content (AvgIpc) is 3.13. The second-order valence-electron chi connectivity index (χ2n) is 13.2. The molecule has 0 bridgehead atoms. The van der Waals surface area contributed by atoms with Gasteiger partial charge >= 0.3 is 0 Å². The predicted molar refractivity (Wildman–Crippen MR) is 139 cm³/mol. The molecule has 0 radical (unpaired) electrons.